The number of thiazole rings is 1. The van der Waals surface area contributed by atoms with Gasteiger partial charge in [0.05, 0.1) is 10.6 Å². The summed E-state index contributed by atoms with van der Waals surface area (Å²) in [6, 6.07) is 1.81. The largest absolute Gasteiger partial charge is 0.335 e. The van der Waals surface area contributed by atoms with Gasteiger partial charge in [0.25, 0.3) is 5.91 Å². The minimum absolute atomic E-state index is 0.0416. The Morgan fingerprint density at radius 3 is 2.68 bits per heavy atom. The van der Waals surface area contributed by atoms with Gasteiger partial charge in [-0.05, 0) is 25.0 Å². The average Bonchev–Trinajstić information content (AvgIpc) is 3.20. The predicted octanol–water partition coefficient (Wildman–Crippen LogP) is 3.41. The zero-order chi connectivity index (χ0) is 15.7. The molecule has 0 radical (unpaired) electrons. The Hall–Kier alpha value is -1.89. The third kappa shape index (κ3) is 2.99. The predicted molar refractivity (Wildman–Crippen MR) is 76.2 cm³/mol. The van der Waals surface area contributed by atoms with E-state index in [1.54, 1.807) is 6.20 Å². The monoisotopic (exact) mass is 326 g/mol. The molecular weight excluding hydrogens is 313 g/mol. The molecule has 7 heteroatoms. The van der Waals surface area contributed by atoms with Crippen LogP contribution in [0.3, 0.4) is 0 Å². The molecule has 3 rings (SSSR count). The summed E-state index contributed by atoms with van der Waals surface area (Å²) in [5.74, 6) is -4.93. The fourth-order valence-electron chi connectivity index (χ4n) is 2.27. The van der Waals surface area contributed by atoms with E-state index in [-0.39, 0.29) is 6.04 Å². The van der Waals surface area contributed by atoms with Gasteiger partial charge in [0.15, 0.2) is 17.5 Å². The van der Waals surface area contributed by atoms with Crippen molar-refractivity contribution in [2.24, 2.45) is 0 Å². The fraction of sp³-hybridized carbons (Fsp3) is 0.333. The quantitative estimate of drug-likeness (QED) is 0.789. The van der Waals surface area contributed by atoms with Crippen LogP contribution in [0.4, 0.5) is 13.2 Å². The van der Waals surface area contributed by atoms with Gasteiger partial charge in [-0.1, -0.05) is 0 Å². The second-order valence-electron chi connectivity index (χ2n) is 5.13. The van der Waals surface area contributed by atoms with E-state index in [4.69, 9.17) is 0 Å². The van der Waals surface area contributed by atoms with Crippen molar-refractivity contribution >= 4 is 17.2 Å². The lowest BCUT2D eigenvalue weighted by Gasteiger charge is -2.22. The summed E-state index contributed by atoms with van der Waals surface area (Å²) < 4.78 is 40.1. The van der Waals surface area contributed by atoms with Gasteiger partial charge in [-0.3, -0.25) is 4.79 Å². The number of benzene rings is 1. The van der Waals surface area contributed by atoms with E-state index < -0.39 is 28.9 Å². The van der Waals surface area contributed by atoms with E-state index in [9.17, 15) is 18.0 Å². The zero-order valence-electron chi connectivity index (χ0n) is 11.6. The van der Waals surface area contributed by atoms with E-state index >= 15 is 0 Å². The highest BCUT2D eigenvalue weighted by Gasteiger charge is 2.34. The van der Waals surface area contributed by atoms with Crippen molar-refractivity contribution in [1.82, 2.24) is 9.88 Å². The van der Waals surface area contributed by atoms with Gasteiger partial charge in [-0.25, -0.2) is 18.2 Å². The maximum atomic E-state index is 13.8. The number of halogens is 3. The average molecular weight is 326 g/mol. The minimum atomic E-state index is -1.61. The Kier molecular flexibility index (Phi) is 4.15. The summed E-state index contributed by atoms with van der Waals surface area (Å²) in [5, 5.41) is 2.72. The van der Waals surface area contributed by atoms with Gasteiger partial charge in [0, 0.05) is 30.6 Å². The molecule has 0 atom stereocenters. The van der Waals surface area contributed by atoms with E-state index in [1.165, 1.54) is 16.2 Å². The maximum absolute atomic E-state index is 13.8. The standard InChI is InChI=1S/C15H13F3N2OS/c16-11-4-3-10(13(17)14(11)18)15(21)20(9-1-2-9)7-5-12-19-6-8-22-12/h3-4,6,8-9H,1-2,5,7H2. The Bertz CT molecular complexity index is 686. The van der Waals surface area contributed by atoms with Crippen LogP contribution >= 0.6 is 11.3 Å². The van der Waals surface area contributed by atoms with Gasteiger partial charge in [0.1, 0.15) is 0 Å². The molecule has 1 aliphatic carbocycles. The number of rotatable bonds is 5. The summed E-state index contributed by atoms with van der Waals surface area (Å²) in [6.45, 7) is 0.384. The summed E-state index contributed by atoms with van der Waals surface area (Å²) in [7, 11) is 0. The van der Waals surface area contributed by atoms with Crippen LogP contribution in [0, 0.1) is 17.5 Å². The lowest BCUT2D eigenvalue weighted by Crippen LogP contribution is -2.35. The lowest BCUT2D eigenvalue weighted by molar-refractivity contribution is 0.0739. The molecule has 3 nitrogen and oxygen atoms in total. The van der Waals surface area contributed by atoms with Gasteiger partial charge in [-0.15, -0.1) is 11.3 Å². The zero-order valence-corrected chi connectivity index (χ0v) is 12.4. The van der Waals surface area contributed by atoms with Crippen molar-refractivity contribution < 1.29 is 18.0 Å². The molecule has 0 spiro atoms. The number of aromatic nitrogens is 1. The van der Waals surface area contributed by atoms with Crippen LogP contribution in [-0.4, -0.2) is 28.4 Å². The van der Waals surface area contributed by atoms with Crippen molar-refractivity contribution in [2.45, 2.75) is 25.3 Å². The molecule has 1 heterocycles. The molecule has 0 saturated heterocycles. The minimum Gasteiger partial charge on any atom is -0.335 e. The summed E-state index contributed by atoms with van der Waals surface area (Å²) in [6.07, 6.45) is 3.92. The molecule has 1 aromatic heterocycles. The third-order valence-corrected chi connectivity index (χ3v) is 4.40. The topological polar surface area (TPSA) is 33.2 Å². The van der Waals surface area contributed by atoms with Crippen molar-refractivity contribution in [2.75, 3.05) is 6.54 Å². The highest BCUT2D eigenvalue weighted by atomic mass is 32.1. The lowest BCUT2D eigenvalue weighted by atomic mass is 10.1. The number of hydrogen-bond acceptors (Lipinski definition) is 3. The van der Waals surface area contributed by atoms with Crippen LogP contribution in [0.15, 0.2) is 23.7 Å². The van der Waals surface area contributed by atoms with Gasteiger partial charge >= 0.3 is 0 Å². The molecule has 1 aliphatic rings. The van der Waals surface area contributed by atoms with Crippen LogP contribution < -0.4 is 0 Å². The fourth-order valence-corrected chi connectivity index (χ4v) is 2.88. The Morgan fingerprint density at radius 1 is 1.27 bits per heavy atom. The van der Waals surface area contributed by atoms with Gasteiger partial charge in [-0.2, -0.15) is 0 Å². The molecular formula is C15H13F3N2OS. The molecule has 116 valence electrons. The van der Waals surface area contributed by atoms with Crippen LogP contribution in [0.1, 0.15) is 28.2 Å². The van der Waals surface area contributed by atoms with Crippen LogP contribution in [0.2, 0.25) is 0 Å². The van der Waals surface area contributed by atoms with E-state index in [0.29, 0.717) is 13.0 Å². The van der Waals surface area contributed by atoms with E-state index in [2.05, 4.69) is 4.98 Å². The highest BCUT2D eigenvalue weighted by molar-refractivity contribution is 7.09. The molecule has 1 aromatic carbocycles. The SMILES string of the molecule is O=C(c1ccc(F)c(F)c1F)N(CCc1nccs1)C1CC1. The number of nitrogens with zero attached hydrogens (tertiary/aromatic N) is 2. The number of carbonyl (C=O) groups excluding carboxylic acids is 1. The smallest absolute Gasteiger partial charge is 0.257 e. The Labute approximate surface area is 129 Å². The molecule has 0 bridgehead atoms. The normalized spacial score (nSPS) is 14.1. The molecule has 1 amide bonds. The second kappa shape index (κ2) is 6.08. The molecule has 0 aliphatic heterocycles. The summed E-state index contributed by atoms with van der Waals surface area (Å²) >= 11 is 1.48. The maximum Gasteiger partial charge on any atom is 0.257 e. The van der Waals surface area contributed by atoms with Crippen LogP contribution in [-0.2, 0) is 6.42 Å². The van der Waals surface area contributed by atoms with E-state index in [1.807, 2.05) is 5.38 Å². The number of hydrogen-bond donors (Lipinski definition) is 0. The van der Waals surface area contributed by atoms with Crippen molar-refractivity contribution in [3.05, 3.63) is 51.7 Å². The van der Waals surface area contributed by atoms with Crippen molar-refractivity contribution in [3.63, 3.8) is 0 Å². The molecule has 0 unspecified atom stereocenters. The van der Waals surface area contributed by atoms with Gasteiger partial charge < -0.3 is 4.90 Å². The van der Waals surface area contributed by atoms with Gasteiger partial charge in [0.2, 0.25) is 0 Å². The summed E-state index contributed by atoms with van der Waals surface area (Å²) in [5.41, 5.74) is -0.426. The Morgan fingerprint density at radius 2 is 2.05 bits per heavy atom. The first-order valence-electron chi connectivity index (χ1n) is 6.90. The summed E-state index contributed by atoms with van der Waals surface area (Å²) in [4.78, 5) is 18.1. The molecule has 22 heavy (non-hydrogen) atoms. The highest BCUT2D eigenvalue weighted by Crippen LogP contribution is 2.29. The van der Waals surface area contributed by atoms with Crippen LogP contribution in [0.5, 0.6) is 0 Å². The van der Waals surface area contributed by atoms with Crippen molar-refractivity contribution in [3.8, 4) is 0 Å². The first-order valence-corrected chi connectivity index (χ1v) is 7.78. The first-order chi connectivity index (χ1) is 10.6. The Balaban J connectivity index is 1.79. The number of amides is 1. The number of carbonyl (C=O) groups is 1. The second-order valence-corrected chi connectivity index (χ2v) is 6.11. The van der Waals surface area contributed by atoms with Crippen molar-refractivity contribution in [1.29, 1.82) is 0 Å². The molecule has 2 aromatic rings. The first kappa shape index (κ1) is 15.0. The third-order valence-electron chi connectivity index (χ3n) is 3.56. The van der Waals surface area contributed by atoms with E-state index in [0.717, 1.165) is 30.0 Å². The molecule has 1 saturated carbocycles. The molecule has 1 fully saturated rings. The molecule has 0 N–H and O–H groups in total. The van der Waals surface area contributed by atoms with Crippen LogP contribution in [0.25, 0.3) is 0 Å².